The number of carbonyl (C=O) groups excluding carboxylic acids is 4. The number of imide groups is 1. The number of piperidine rings is 1. The fourth-order valence-electron chi connectivity index (χ4n) is 1.45. The minimum Gasteiger partial charge on any atom is -0.344 e. The smallest absolute Gasteiger partial charge is 0.338 e. The maximum atomic E-state index is 11.9. The molecule has 1 fully saturated rings. The highest BCUT2D eigenvalue weighted by atomic mass is 16.7. The largest absolute Gasteiger partial charge is 0.344 e. The number of hydrogen-bond acceptors (Lipinski definition) is 5. The zero-order valence-electron chi connectivity index (χ0n) is 11.5. The van der Waals surface area contributed by atoms with Gasteiger partial charge in [-0.2, -0.15) is 0 Å². The molecule has 0 saturated carbocycles. The van der Waals surface area contributed by atoms with Crippen LogP contribution in [0, 0.1) is 5.41 Å². The molecule has 3 amide bonds. The van der Waals surface area contributed by atoms with Crippen molar-refractivity contribution in [1.29, 1.82) is 0 Å². The van der Waals surface area contributed by atoms with E-state index in [1.807, 2.05) is 0 Å². The first-order valence-electron chi connectivity index (χ1n) is 5.99. The molecule has 0 aromatic heterocycles. The van der Waals surface area contributed by atoms with Crippen LogP contribution < -0.4 is 5.32 Å². The summed E-state index contributed by atoms with van der Waals surface area (Å²) in [4.78, 5) is 51.0. The van der Waals surface area contributed by atoms with Gasteiger partial charge in [0, 0.05) is 13.3 Å². The summed E-state index contributed by atoms with van der Waals surface area (Å²) >= 11 is 0. The molecule has 0 aromatic carbocycles. The van der Waals surface area contributed by atoms with Gasteiger partial charge in [0.1, 0.15) is 6.04 Å². The highest BCUT2D eigenvalue weighted by molar-refractivity contribution is 6.01. The molecular weight excluding hydrogens is 252 g/mol. The molecule has 1 N–H and O–H groups in total. The van der Waals surface area contributed by atoms with E-state index >= 15 is 0 Å². The lowest BCUT2D eigenvalue weighted by Crippen LogP contribution is -2.55. The van der Waals surface area contributed by atoms with E-state index in [2.05, 4.69) is 5.32 Å². The summed E-state index contributed by atoms with van der Waals surface area (Å²) in [6.45, 7) is 6.10. The second-order valence-electron chi connectivity index (χ2n) is 5.45. The molecule has 1 saturated heterocycles. The average Bonchev–Trinajstić information content (AvgIpc) is 2.26. The highest BCUT2D eigenvalue weighted by Gasteiger charge is 2.39. The van der Waals surface area contributed by atoms with Gasteiger partial charge in [-0.05, 0) is 27.2 Å². The third kappa shape index (κ3) is 3.77. The van der Waals surface area contributed by atoms with Crippen LogP contribution in [0.5, 0.6) is 0 Å². The summed E-state index contributed by atoms with van der Waals surface area (Å²) < 4.78 is 0. The first kappa shape index (κ1) is 15.1. The Balaban J connectivity index is 2.80. The molecule has 1 aliphatic heterocycles. The molecule has 19 heavy (non-hydrogen) atoms. The Morgan fingerprint density at radius 3 is 2.37 bits per heavy atom. The number of carbonyl (C=O) groups is 4. The Bertz CT molecular complexity index is 424. The Morgan fingerprint density at radius 1 is 1.32 bits per heavy atom. The molecule has 0 radical (unpaired) electrons. The maximum Gasteiger partial charge on any atom is 0.338 e. The van der Waals surface area contributed by atoms with Crippen LogP contribution in [0.1, 0.15) is 40.5 Å². The molecule has 106 valence electrons. The molecule has 7 heteroatoms. The molecule has 1 atom stereocenters. The van der Waals surface area contributed by atoms with Crippen LogP contribution in [-0.4, -0.2) is 34.8 Å². The first-order valence-corrected chi connectivity index (χ1v) is 5.99. The Labute approximate surface area is 111 Å². The lowest BCUT2D eigenvalue weighted by atomic mass is 9.97. The SMILES string of the molecule is CC(=O)N[C@H]1CCC(=O)N(OC(=O)C(C)(C)C)C1=O. The van der Waals surface area contributed by atoms with Crippen molar-refractivity contribution in [2.45, 2.75) is 46.6 Å². The summed E-state index contributed by atoms with van der Waals surface area (Å²) in [6.07, 6.45) is 0.245. The molecule has 1 aliphatic rings. The summed E-state index contributed by atoms with van der Waals surface area (Å²) in [5.41, 5.74) is -0.832. The van der Waals surface area contributed by atoms with E-state index in [0.29, 0.717) is 5.06 Å². The van der Waals surface area contributed by atoms with Crippen molar-refractivity contribution >= 4 is 23.7 Å². The van der Waals surface area contributed by atoms with Crippen molar-refractivity contribution in [2.75, 3.05) is 0 Å². The normalized spacial score (nSPS) is 20.2. The van der Waals surface area contributed by atoms with Gasteiger partial charge in [0.05, 0.1) is 5.41 Å². The van der Waals surface area contributed by atoms with Crippen molar-refractivity contribution < 1.29 is 24.0 Å². The Morgan fingerprint density at radius 2 is 1.89 bits per heavy atom. The zero-order valence-corrected chi connectivity index (χ0v) is 11.5. The third-order valence-corrected chi connectivity index (χ3v) is 2.54. The van der Waals surface area contributed by atoms with Crippen LogP contribution >= 0.6 is 0 Å². The number of hydroxylamine groups is 2. The fraction of sp³-hybridized carbons (Fsp3) is 0.667. The second-order valence-corrected chi connectivity index (χ2v) is 5.45. The quantitative estimate of drug-likeness (QED) is 0.721. The van der Waals surface area contributed by atoms with Crippen molar-refractivity contribution in [2.24, 2.45) is 5.41 Å². The van der Waals surface area contributed by atoms with Crippen LogP contribution in [0.15, 0.2) is 0 Å². The van der Waals surface area contributed by atoms with E-state index in [-0.39, 0.29) is 18.7 Å². The first-order chi connectivity index (χ1) is 8.62. The molecule has 0 aliphatic carbocycles. The van der Waals surface area contributed by atoms with Gasteiger partial charge in [0.15, 0.2) is 0 Å². The van der Waals surface area contributed by atoms with E-state index in [0.717, 1.165) is 0 Å². The van der Waals surface area contributed by atoms with Crippen molar-refractivity contribution in [3.63, 3.8) is 0 Å². The lowest BCUT2D eigenvalue weighted by molar-refractivity contribution is -0.212. The summed E-state index contributed by atoms with van der Waals surface area (Å²) in [5, 5.41) is 2.88. The van der Waals surface area contributed by atoms with Gasteiger partial charge < -0.3 is 10.2 Å². The maximum absolute atomic E-state index is 11.9. The molecule has 0 aromatic rings. The number of nitrogens with zero attached hydrogens (tertiary/aromatic N) is 1. The van der Waals surface area contributed by atoms with Crippen LogP contribution in [0.3, 0.4) is 0 Å². The summed E-state index contributed by atoms with van der Waals surface area (Å²) in [7, 11) is 0. The summed E-state index contributed by atoms with van der Waals surface area (Å²) in [5.74, 6) is -2.36. The zero-order chi connectivity index (χ0) is 14.8. The molecule has 0 bridgehead atoms. The highest BCUT2D eigenvalue weighted by Crippen LogP contribution is 2.20. The molecule has 0 unspecified atom stereocenters. The van der Waals surface area contributed by atoms with Gasteiger partial charge in [0.2, 0.25) is 5.91 Å². The number of nitrogens with one attached hydrogen (secondary N) is 1. The molecule has 7 nitrogen and oxygen atoms in total. The van der Waals surface area contributed by atoms with Crippen molar-refractivity contribution in [3.05, 3.63) is 0 Å². The minimum atomic E-state index is -0.832. The Kier molecular flexibility index (Phi) is 4.28. The fourth-order valence-corrected chi connectivity index (χ4v) is 1.45. The predicted molar refractivity (Wildman–Crippen MR) is 64.2 cm³/mol. The van der Waals surface area contributed by atoms with Gasteiger partial charge in [0.25, 0.3) is 11.8 Å². The molecule has 1 rings (SSSR count). The predicted octanol–water partition coefficient (Wildman–Crippen LogP) is 0.144. The van der Waals surface area contributed by atoms with Gasteiger partial charge in [-0.3, -0.25) is 14.4 Å². The van der Waals surface area contributed by atoms with Crippen LogP contribution in [0.25, 0.3) is 0 Å². The molecular formula is C12H18N2O5. The molecule has 1 heterocycles. The standard InChI is InChI=1S/C12H18N2O5/c1-7(15)13-8-5-6-9(16)14(10(8)17)19-11(18)12(2,3)4/h8H,5-6H2,1-4H3,(H,13,15)/t8-/m0/s1. The van der Waals surface area contributed by atoms with Gasteiger partial charge in [-0.1, -0.05) is 0 Å². The van der Waals surface area contributed by atoms with E-state index in [1.165, 1.54) is 6.92 Å². The average molecular weight is 270 g/mol. The monoisotopic (exact) mass is 270 g/mol. The van der Waals surface area contributed by atoms with Gasteiger partial charge in [-0.25, -0.2) is 4.79 Å². The Hall–Kier alpha value is -1.92. The number of amides is 3. The van der Waals surface area contributed by atoms with Crippen LogP contribution in [0.4, 0.5) is 0 Å². The van der Waals surface area contributed by atoms with Gasteiger partial charge in [-0.15, -0.1) is 5.06 Å². The van der Waals surface area contributed by atoms with Crippen LogP contribution in [0.2, 0.25) is 0 Å². The lowest BCUT2D eigenvalue weighted by Gasteiger charge is -2.30. The van der Waals surface area contributed by atoms with Crippen molar-refractivity contribution in [1.82, 2.24) is 10.4 Å². The summed E-state index contributed by atoms with van der Waals surface area (Å²) in [6, 6.07) is -0.831. The number of hydrogen-bond donors (Lipinski definition) is 1. The topological polar surface area (TPSA) is 92.8 Å². The van der Waals surface area contributed by atoms with E-state index in [9.17, 15) is 19.2 Å². The van der Waals surface area contributed by atoms with Crippen molar-refractivity contribution in [3.8, 4) is 0 Å². The van der Waals surface area contributed by atoms with Crippen LogP contribution in [-0.2, 0) is 24.0 Å². The van der Waals surface area contributed by atoms with E-state index in [4.69, 9.17) is 4.84 Å². The third-order valence-electron chi connectivity index (χ3n) is 2.54. The van der Waals surface area contributed by atoms with E-state index < -0.39 is 29.2 Å². The molecule has 0 spiro atoms. The van der Waals surface area contributed by atoms with Gasteiger partial charge >= 0.3 is 5.97 Å². The minimum absolute atomic E-state index is 0.0358. The second kappa shape index (κ2) is 5.38. The van der Waals surface area contributed by atoms with E-state index in [1.54, 1.807) is 20.8 Å². The number of rotatable bonds is 2.